The van der Waals surface area contributed by atoms with Crippen molar-refractivity contribution in [1.29, 1.82) is 0 Å². The Bertz CT molecular complexity index is 585. The number of aryl methyl sites for hydroxylation is 2. The van der Waals surface area contributed by atoms with Crippen molar-refractivity contribution in [2.24, 2.45) is 7.05 Å². The van der Waals surface area contributed by atoms with Crippen molar-refractivity contribution in [3.8, 4) is 0 Å². The molecular formula is C16H23N3. The van der Waals surface area contributed by atoms with E-state index in [1.165, 1.54) is 22.0 Å². The average Bonchev–Trinajstić information content (AvgIpc) is 2.76. The lowest BCUT2D eigenvalue weighted by molar-refractivity contribution is 0.241. The molecule has 1 fully saturated rings. The van der Waals surface area contributed by atoms with E-state index >= 15 is 0 Å². The summed E-state index contributed by atoms with van der Waals surface area (Å²) in [5, 5.41) is 5.07. The number of benzene rings is 1. The maximum absolute atomic E-state index is 3.65. The van der Waals surface area contributed by atoms with Gasteiger partial charge in [-0.2, -0.15) is 0 Å². The van der Waals surface area contributed by atoms with Gasteiger partial charge in [-0.1, -0.05) is 25.1 Å². The van der Waals surface area contributed by atoms with Crippen molar-refractivity contribution < 1.29 is 0 Å². The Labute approximate surface area is 115 Å². The molecule has 102 valence electrons. The summed E-state index contributed by atoms with van der Waals surface area (Å²) in [6.45, 7) is 5.54. The fraction of sp³-hybridized carbons (Fsp3) is 0.500. The topological polar surface area (TPSA) is 20.2 Å². The summed E-state index contributed by atoms with van der Waals surface area (Å²) in [5.74, 6) is 0. The number of nitrogens with zero attached hydrogens (tertiary/aromatic N) is 2. The van der Waals surface area contributed by atoms with Crippen LogP contribution in [-0.4, -0.2) is 36.1 Å². The van der Waals surface area contributed by atoms with E-state index in [1.54, 1.807) is 0 Å². The Balaban J connectivity index is 2.09. The van der Waals surface area contributed by atoms with Crippen LogP contribution in [0.3, 0.4) is 0 Å². The second kappa shape index (κ2) is 4.99. The predicted molar refractivity (Wildman–Crippen MR) is 80.5 cm³/mol. The predicted octanol–water partition coefficient (Wildman–Crippen LogP) is 2.32. The molecular weight excluding hydrogens is 234 g/mol. The number of aromatic nitrogens is 1. The summed E-state index contributed by atoms with van der Waals surface area (Å²) in [4.78, 5) is 2.41. The smallest absolute Gasteiger partial charge is 0.0513 e. The van der Waals surface area contributed by atoms with Crippen molar-refractivity contribution in [2.45, 2.75) is 19.4 Å². The highest BCUT2D eigenvalue weighted by molar-refractivity contribution is 5.87. The molecule has 0 radical (unpaired) electrons. The van der Waals surface area contributed by atoms with Crippen LogP contribution in [0.5, 0.6) is 0 Å². The molecule has 1 aliphatic heterocycles. The molecule has 2 heterocycles. The Hall–Kier alpha value is -1.32. The number of piperazine rings is 1. The first-order valence-corrected chi connectivity index (χ1v) is 7.19. The zero-order valence-electron chi connectivity index (χ0n) is 12.1. The second-order valence-electron chi connectivity index (χ2n) is 5.63. The molecule has 0 aliphatic carbocycles. The first kappa shape index (κ1) is 12.7. The quantitative estimate of drug-likeness (QED) is 0.891. The molecule has 0 saturated carbocycles. The summed E-state index contributed by atoms with van der Waals surface area (Å²) in [6.07, 6.45) is 3.40. The minimum atomic E-state index is 0.453. The maximum Gasteiger partial charge on any atom is 0.0513 e. The Kier molecular flexibility index (Phi) is 3.33. The molecule has 2 aromatic rings. The summed E-state index contributed by atoms with van der Waals surface area (Å²) < 4.78 is 2.29. The largest absolute Gasteiger partial charge is 0.350 e. The average molecular weight is 257 g/mol. The zero-order chi connectivity index (χ0) is 13.4. The van der Waals surface area contributed by atoms with E-state index in [9.17, 15) is 0 Å². The minimum absolute atomic E-state index is 0.453. The molecule has 1 unspecified atom stereocenters. The fourth-order valence-corrected chi connectivity index (χ4v) is 3.25. The Morgan fingerprint density at radius 2 is 2.16 bits per heavy atom. The molecule has 3 nitrogen and oxygen atoms in total. The first-order chi connectivity index (χ1) is 9.20. The van der Waals surface area contributed by atoms with Crippen molar-refractivity contribution in [3.63, 3.8) is 0 Å². The summed E-state index contributed by atoms with van der Waals surface area (Å²) in [7, 11) is 4.37. The van der Waals surface area contributed by atoms with Crippen molar-refractivity contribution in [2.75, 3.05) is 26.7 Å². The molecule has 1 N–H and O–H groups in total. The number of nitrogens with one attached hydrogen (secondary N) is 1. The van der Waals surface area contributed by atoms with E-state index in [4.69, 9.17) is 0 Å². The van der Waals surface area contributed by atoms with Gasteiger partial charge in [-0.25, -0.2) is 0 Å². The molecule has 1 aromatic carbocycles. The van der Waals surface area contributed by atoms with Gasteiger partial charge in [0.1, 0.15) is 0 Å². The van der Waals surface area contributed by atoms with Gasteiger partial charge in [-0.05, 0) is 24.6 Å². The van der Waals surface area contributed by atoms with Crippen LogP contribution in [0, 0.1) is 0 Å². The van der Waals surface area contributed by atoms with Crippen LogP contribution in [-0.2, 0) is 13.5 Å². The summed E-state index contributed by atoms with van der Waals surface area (Å²) in [6, 6.07) is 7.15. The number of para-hydroxylation sites is 1. The number of rotatable bonds is 2. The third-order valence-electron chi connectivity index (χ3n) is 4.25. The van der Waals surface area contributed by atoms with E-state index in [0.29, 0.717) is 6.04 Å². The van der Waals surface area contributed by atoms with Gasteiger partial charge in [0.25, 0.3) is 0 Å². The number of hydrogen-bond acceptors (Lipinski definition) is 2. The highest BCUT2D eigenvalue weighted by Gasteiger charge is 2.22. The van der Waals surface area contributed by atoms with Crippen molar-refractivity contribution in [3.05, 3.63) is 35.5 Å². The lowest BCUT2D eigenvalue weighted by atomic mass is 10.0. The van der Waals surface area contributed by atoms with Gasteiger partial charge >= 0.3 is 0 Å². The monoisotopic (exact) mass is 257 g/mol. The molecule has 1 saturated heterocycles. The third kappa shape index (κ3) is 2.17. The van der Waals surface area contributed by atoms with Crippen LogP contribution >= 0.6 is 0 Å². The summed E-state index contributed by atoms with van der Waals surface area (Å²) >= 11 is 0. The molecule has 0 bridgehead atoms. The zero-order valence-corrected chi connectivity index (χ0v) is 12.1. The van der Waals surface area contributed by atoms with E-state index in [1.807, 2.05) is 0 Å². The minimum Gasteiger partial charge on any atom is -0.350 e. The number of fused-ring (bicyclic) bond motifs is 1. The second-order valence-corrected chi connectivity index (χ2v) is 5.63. The van der Waals surface area contributed by atoms with Crippen molar-refractivity contribution >= 4 is 10.9 Å². The lowest BCUT2D eigenvalue weighted by Crippen LogP contribution is -2.43. The number of likely N-dealkylation sites (N-methyl/N-ethyl adjacent to an activating group) is 1. The van der Waals surface area contributed by atoms with Crippen LogP contribution in [0.4, 0.5) is 0 Å². The lowest BCUT2D eigenvalue weighted by Gasteiger charge is -2.30. The standard InChI is InChI=1S/C16H23N3/c1-4-12-6-5-7-13-14(10-19(3)16(12)13)15-11-18(2)9-8-17-15/h5-7,10,15,17H,4,8-9,11H2,1-3H3. The van der Waals surface area contributed by atoms with E-state index in [0.717, 1.165) is 26.1 Å². The highest BCUT2D eigenvalue weighted by atomic mass is 15.2. The highest BCUT2D eigenvalue weighted by Crippen LogP contribution is 2.29. The van der Waals surface area contributed by atoms with Crippen molar-refractivity contribution in [1.82, 2.24) is 14.8 Å². The van der Waals surface area contributed by atoms with E-state index in [2.05, 4.69) is 60.2 Å². The van der Waals surface area contributed by atoms with Crippen LogP contribution in [0.2, 0.25) is 0 Å². The van der Waals surface area contributed by atoms with Gasteiger partial charge in [-0.15, -0.1) is 0 Å². The summed E-state index contributed by atoms with van der Waals surface area (Å²) in [5.41, 5.74) is 4.28. The van der Waals surface area contributed by atoms with Crippen LogP contribution < -0.4 is 5.32 Å². The third-order valence-corrected chi connectivity index (χ3v) is 4.25. The van der Waals surface area contributed by atoms with Gasteiger partial charge in [0, 0.05) is 44.3 Å². The molecule has 1 aliphatic rings. The number of hydrogen-bond donors (Lipinski definition) is 1. The molecule has 3 heteroatoms. The van der Waals surface area contributed by atoms with E-state index < -0.39 is 0 Å². The molecule has 0 amide bonds. The van der Waals surface area contributed by atoms with E-state index in [-0.39, 0.29) is 0 Å². The normalized spacial score (nSPS) is 21.1. The SMILES string of the molecule is CCc1cccc2c(C3CN(C)CCN3)cn(C)c12. The molecule has 1 atom stereocenters. The Morgan fingerprint density at radius 3 is 2.89 bits per heavy atom. The van der Waals surface area contributed by atoms with Crippen LogP contribution in [0.1, 0.15) is 24.1 Å². The van der Waals surface area contributed by atoms with Crippen LogP contribution in [0.25, 0.3) is 10.9 Å². The van der Waals surface area contributed by atoms with Gasteiger partial charge in [-0.3, -0.25) is 0 Å². The van der Waals surface area contributed by atoms with Gasteiger partial charge in [0.2, 0.25) is 0 Å². The molecule has 0 spiro atoms. The van der Waals surface area contributed by atoms with Crippen LogP contribution in [0.15, 0.2) is 24.4 Å². The molecule has 1 aromatic heterocycles. The Morgan fingerprint density at radius 1 is 1.32 bits per heavy atom. The van der Waals surface area contributed by atoms with Gasteiger partial charge in [0.15, 0.2) is 0 Å². The molecule has 19 heavy (non-hydrogen) atoms. The van der Waals surface area contributed by atoms with Gasteiger partial charge < -0.3 is 14.8 Å². The first-order valence-electron chi connectivity index (χ1n) is 7.19. The molecule has 3 rings (SSSR count). The fourth-order valence-electron chi connectivity index (χ4n) is 3.25. The van der Waals surface area contributed by atoms with Gasteiger partial charge in [0.05, 0.1) is 5.52 Å². The maximum atomic E-state index is 3.65.